The summed E-state index contributed by atoms with van der Waals surface area (Å²) in [6.07, 6.45) is 0. The van der Waals surface area contributed by atoms with Crippen molar-refractivity contribution in [3.8, 4) is 17.1 Å². The molecule has 4 rings (SSSR count). The fraction of sp³-hybridized carbons (Fsp3) is 0.125. The van der Waals surface area contributed by atoms with Gasteiger partial charge in [-0.05, 0) is 42.0 Å². The van der Waals surface area contributed by atoms with E-state index in [1.54, 1.807) is 31.3 Å². The molecular formula is C24H20ClN3O3. The van der Waals surface area contributed by atoms with Gasteiger partial charge in [0.25, 0.3) is 5.91 Å². The molecule has 0 N–H and O–H groups in total. The lowest BCUT2D eigenvalue weighted by Crippen LogP contribution is -2.26. The van der Waals surface area contributed by atoms with E-state index >= 15 is 0 Å². The second-order valence-electron chi connectivity index (χ2n) is 6.95. The number of para-hydroxylation sites is 1. The average molecular weight is 434 g/mol. The molecule has 31 heavy (non-hydrogen) atoms. The van der Waals surface area contributed by atoms with Crippen molar-refractivity contribution in [3.63, 3.8) is 0 Å². The number of halogens is 1. The summed E-state index contributed by atoms with van der Waals surface area (Å²) in [5, 5.41) is 4.62. The van der Waals surface area contributed by atoms with Gasteiger partial charge >= 0.3 is 0 Å². The molecule has 0 spiro atoms. The molecule has 0 aliphatic carbocycles. The lowest BCUT2D eigenvalue weighted by atomic mass is 10.1. The molecule has 3 aromatic carbocycles. The van der Waals surface area contributed by atoms with Gasteiger partial charge in [0.05, 0.1) is 5.56 Å². The predicted molar refractivity (Wildman–Crippen MR) is 118 cm³/mol. The summed E-state index contributed by atoms with van der Waals surface area (Å²) < 4.78 is 11.2. The maximum absolute atomic E-state index is 13.0. The predicted octanol–water partition coefficient (Wildman–Crippen LogP) is 5.24. The molecule has 0 unspecified atom stereocenters. The van der Waals surface area contributed by atoms with E-state index in [1.165, 1.54) is 4.90 Å². The van der Waals surface area contributed by atoms with E-state index < -0.39 is 0 Å². The second-order valence-corrected chi connectivity index (χ2v) is 7.39. The van der Waals surface area contributed by atoms with Gasteiger partial charge in [-0.3, -0.25) is 4.79 Å². The summed E-state index contributed by atoms with van der Waals surface area (Å²) in [7, 11) is 1.68. The smallest absolute Gasteiger partial charge is 0.257 e. The molecule has 0 saturated carbocycles. The third-order valence-corrected chi connectivity index (χ3v) is 4.90. The van der Waals surface area contributed by atoms with Crippen LogP contribution in [0, 0.1) is 0 Å². The molecule has 1 aromatic heterocycles. The lowest BCUT2D eigenvalue weighted by Gasteiger charge is -2.17. The molecule has 7 heteroatoms. The first-order valence-electron chi connectivity index (χ1n) is 9.70. The molecule has 0 aliphatic rings. The third-order valence-electron chi connectivity index (χ3n) is 4.64. The van der Waals surface area contributed by atoms with Crippen molar-refractivity contribution in [2.75, 3.05) is 7.05 Å². The zero-order chi connectivity index (χ0) is 21.6. The van der Waals surface area contributed by atoms with Gasteiger partial charge < -0.3 is 14.2 Å². The number of carbonyl (C=O) groups excluding carboxylic acids is 1. The first kappa shape index (κ1) is 20.6. The normalized spacial score (nSPS) is 10.6. The van der Waals surface area contributed by atoms with E-state index in [9.17, 15) is 4.79 Å². The highest BCUT2D eigenvalue weighted by Gasteiger charge is 2.19. The monoisotopic (exact) mass is 433 g/mol. The van der Waals surface area contributed by atoms with E-state index in [2.05, 4.69) is 10.1 Å². The number of amides is 1. The molecule has 0 radical (unpaired) electrons. The van der Waals surface area contributed by atoms with E-state index in [4.69, 9.17) is 20.9 Å². The molecular weight excluding hydrogens is 414 g/mol. The molecule has 0 atom stereocenters. The summed E-state index contributed by atoms with van der Waals surface area (Å²) in [4.78, 5) is 18.9. The maximum atomic E-state index is 13.0. The minimum Gasteiger partial charge on any atom is -0.488 e. The SMILES string of the molecule is CN(Cc1nc(-c2ccc(Cl)cc2)no1)C(=O)c1ccccc1OCc1ccccc1. The quantitative estimate of drug-likeness (QED) is 0.398. The van der Waals surface area contributed by atoms with Crippen LogP contribution in [-0.2, 0) is 13.2 Å². The Labute approximate surface area is 185 Å². The van der Waals surface area contributed by atoms with Gasteiger partial charge in [0, 0.05) is 17.6 Å². The van der Waals surface area contributed by atoms with Crippen LogP contribution >= 0.6 is 11.6 Å². The molecule has 0 saturated heterocycles. The molecule has 0 bridgehead atoms. The van der Waals surface area contributed by atoms with Crippen molar-refractivity contribution >= 4 is 17.5 Å². The zero-order valence-electron chi connectivity index (χ0n) is 16.9. The summed E-state index contributed by atoms with van der Waals surface area (Å²) in [6.45, 7) is 0.551. The van der Waals surface area contributed by atoms with Gasteiger partial charge in [0.15, 0.2) is 0 Å². The number of aromatic nitrogens is 2. The Kier molecular flexibility index (Phi) is 6.29. The van der Waals surface area contributed by atoms with Crippen LogP contribution < -0.4 is 4.74 Å². The first-order valence-corrected chi connectivity index (χ1v) is 10.1. The minimum atomic E-state index is -0.199. The minimum absolute atomic E-state index is 0.173. The summed E-state index contributed by atoms with van der Waals surface area (Å²) in [6, 6.07) is 24.1. The maximum Gasteiger partial charge on any atom is 0.257 e. The van der Waals surface area contributed by atoms with Crippen LogP contribution in [0.2, 0.25) is 5.02 Å². The fourth-order valence-corrected chi connectivity index (χ4v) is 3.15. The Balaban J connectivity index is 1.44. The third kappa shape index (κ3) is 5.10. The van der Waals surface area contributed by atoms with Crippen molar-refractivity contribution in [2.45, 2.75) is 13.2 Å². The average Bonchev–Trinajstić information content (AvgIpc) is 3.27. The van der Waals surface area contributed by atoms with Crippen molar-refractivity contribution in [1.82, 2.24) is 15.0 Å². The first-order chi connectivity index (χ1) is 15.1. The van der Waals surface area contributed by atoms with Gasteiger partial charge in [-0.1, -0.05) is 59.2 Å². The van der Waals surface area contributed by atoms with Gasteiger partial charge in [0.1, 0.15) is 18.9 Å². The van der Waals surface area contributed by atoms with E-state index in [-0.39, 0.29) is 12.5 Å². The zero-order valence-corrected chi connectivity index (χ0v) is 17.6. The van der Waals surface area contributed by atoms with Crippen molar-refractivity contribution in [1.29, 1.82) is 0 Å². The van der Waals surface area contributed by atoms with E-state index in [0.29, 0.717) is 34.7 Å². The molecule has 1 amide bonds. The molecule has 6 nitrogen and oxygen atoms in total. The number of nitrogens with zero attached hydrogens (tertiary/aromatic N) is 3. The second kappa shape index (κ2) is 9.45. The summed E-state index contributed by atoms with van der Waals surface area (Å²) in [5.41, 5.74) is 2.28. The van der Waals surface area contributed by atoms with Crippen LogP contribution in [0.5, 0.6) is 5.75 Å². The van der Waals surface area contributed by atoms with Gasteiger partial charge in [0.2, 0.25) is 11.7 Å². The highest BCUT2D eigenvalue weighted by molar-refractivity contribution is 6.30. The number of hydrogen-bond acceptors (Lipinski definition) is 5. The topological polar surface area (TPSA) is 68.5 Å². The molecule has 0 aliphatic heterocycles. The number of hydrogen-bond donors (Lipinski definition) is 0. The van der Waals surface area contributed by atoms with Gasteiger partial charge in [-0.25, -0.2) is 0 Å². The highest BCUT2D eigenvalue weighted by atomic mass is 35.5. The number of carbonyl (C=O) groups is 1. The Morgan fingerprint density at radius 1 is 1.00 bits per heavy atom. The fourth-order valence-electron chi connectivity index (χ4n) is 3.02. The molecule has 4 aromatic rings. The van der Waals surface area contributed by atoms with Gasteiger partial charge in [-0.15, -0.1) is 0 Å². The number of benzene rings is 3. The van der Waals surface area contributed by atoms with Crippen LogP contribution in [0.4, 0.5) is 0 Å². The number of rotatable bonds is 7. The van der Waals surface area contributed by atoms with Gasteiger partial charge in [-0.2, -0.15) is 4.98 Å². The summed E-state index contributed by atoms with van der Waals surface area (Å²) >= 11 is 5.92. The lowest BCUT2D eigenvalue weighted by molar-refractivity contribution is 0.0764. The largest absolute Gasteiger partial charge is 0.488 e. The molecule has 1 heterocycles. The number of ether oxygens (including phenoxy) is 1. The Morgan fingerprint density at radius 2 is 1.71 bits per heavy atom. The van der Waals surface area contributed by atoms with Crippen LogP contribution in [-0.4, -0.2) is 28.0 Å². The van der Waals surface area contributed by atoms with Crippen molar-refractivity contribution < 1.29 is 14.1 Å². The van der Waals surface area contributed by atoms with Crippen LogP contribution in [0.3, 0.4) is 0 Å². The Morgan fingerprint density at radius 3 is 2.48 bits per heavy atom. The van der Waals surface area contributed by atoms with E-state index in [0.717, 1.165) is 11.1 Å². The highest BCUT2D eigenvalue weighted by Crippen LogP contribution is 2.22. The Hall–Kier alpha value is -3.64. The summed E-state index contributed by atoms with van der Waals surface area (Å²) in [5.74, 6) is 1.10. The van der Waals surface area contributed by atoms with Crippen LogP contribution in [0.1, 0.15) is 21.8 Å². The van der Waals surface area contributed by atoms with Crippen LogP contribution in [0.15, 0.2) is 83.4 Å². The van der Waals surface area contributed by atoms with Crippen molar-refractivity contribution in [3.05, 3.63) is 101 Å². The molecule has 156 valence electrons. The van der Waals surface area contributed by atoms with Crippen molar-refractivity contribution in [2.24, 2.45) is 0 Å². The molecule has 0 fully saturated rings. The standard InChI is InChI=1S/C24H20ClN3O3/c1-28(15-22-26-23(27-31-22)18-11-13-19(25)14-12-18)24(29)20-9-5-6-10-21(20)30-16-17-7-3-2-4-8-17/h2-14H,15-16H2,1H3. The van der Waals surface area contributed by atoms with Crippen LogP contribution in [0.25, 0.3) is 11.4 Å². The van der Waals surface area contributed by atoms with E-state index in [1.807, 2.05) is 54.6 Å². The Bertz CT molecular complexity index is 1160.